The zero-order valence-electron chi connectivity index (χ0n) is 16.1. The normalized spacial score (nSPS) is 17.9. The first kappa shape index (κ1) is 19.3. The van der Waals surface area contributed by atoms with Crippen LogP contribution in [0.5, 0.6) is 0 Å². The van der Waals surface area contributed by atoms with Crippen molar-refractivity contribution in [3.8, 4) is 11.1 Å². The van der Waals surface area contributed by atoms with Crippen LogP contribution in [0.1, 0.15) is 28.4 Å². The number of pyridine rings is 1. The Balaban J connectivity index is 1.79. The molecular formula is C24H24N2O3. The van der Waals surface area contributed by atoms with E-state index in [0.29, 0.717) is 29.8 Å². The van der Waals surface area contributed by atoms with Crippen LogP contribution in [0, 0.1) is 0 Å². The molecule has 1 aliphatic rings. The number of nitrogens with zero attached hydrogens (tertiary/aromatic N) is 2. The van der Waals surface area contributed by atoms with Crippen LogP contribution >= 0.6 is 0 Å². The van der Waals surface area contributed by atoms with Crippen LogP contribution in [0.3, 0.4) is 0 Å². The molecule has 5 heteroatoms. The number of β-amino-alcohol motifs (C(OH)–C–C–N with tert-alkyl or cyclic N) is 1. The summed E-state index contributed by atoms with van der Waals surface area (Å²) in [5, 5.41) is 9.92. The molecule has 148 valence electrons. The second kappa shape index (κ2) is 8.55. The van der Waals surface area contributed by atoms with Crippen molar-refractivity contribution in [3.63, 3.8) is 0 Å². The Hall–Kier alpha value is -3.02. The number of hydrogen-bond acceptors (Lipinski definition) is 4. The van der Waals surface area contributed by atoms with Crippen LogP contribution < -0.4 is 5.56 Å². The van der Waals surface area contributed by atoms with E-state index in [0.717, 1.165) is 24.8 Å². The summed E-state index contributed by atoms with van der Waals surface area (Å²) in [5.74, 6) is 0. The van der Waals surface area contributed by atoms with Crippen molar-refractivity contribution in [1.82, 2.24) is 9.47 Å². The summed E-state index contributed by atoms with van der Waals surface area (Å²) < 4.78 is 1.75. The minimum atomic E-state index is -0.311. The monoisotopic (exact) mass is 388 g/mol. The van der Waals surface area contributed by atoms with Crippen LogP contribution in [0.25, 0.3) is 11.1 Å². The number of likely N-dealkylation sites (tertiary alicyclic amines) is 1. The molecule has 1 aromatic heterocycles. The molecule has 2 atom stereocenters. The molecule has 1 N–H and O–H groups in total. The van der Waals surface area contributed by atoms with Gasteiger partial charge in [0, 0.05) is 37.0 Å². The molecule has 4 rings (SSSR count). The first-order valence-electron chi connectivity index (χ1n) is 9.88. The second-order valence-corrected chi connectivity index (χ2v) is 7.47. The number of carbonyl (C=O) groups is 1. The molecule has 0 bridgehead atoms. The van der Waals surface area contributed by atoms with Gasteiger partial charge in [-0.25, -0.2) is 0 Å². The molecule has 2 aromatic carbocycles. The lowest BCUT2D eigenvalue weighted by Gasteiger charge is -2.26. The molecule has 1 fully saturated rings. The van der Waals surface area contributed by atoms with Crippen molar-refractivity contribution in [2.24, 2.45) is 0 Å². The van der Waals surface area contributed by atoms with Gasteiger partial charge in [0.05, 0.1) is 12.1 Å². The average Bonchev–Trinajstić information content (AvgIpc) is 3.18. The largest absolute Gasteiger partial charge is 0.392 e. The maximum Gasteiger partial charge on any atom is 0.259 e. The summed E-state index contributed by atoms with van der Waals surface area (Å²) >= 11 is 0. The van der Waals surface area contributed by atoms with Gasteiger partial charge in [-0.05, 0) is 29.7 Å². The summed E-state index contributed by atoms with van der Waals surface area (Å²) in [7, 11) is 0. The van der Waals surface area contributed by atoms with E-state index >= 15 is 0 Å². The Morgan fingerprint density at radius 3 is 2.45 bits per heavy atom. The zero-order valence-corrected chi connectivity index (χ0v) is 16.1. The Morgan fingerprint density at radius 2 is 1.72 bits per heavy atom. The van der Waals surface area contributed by atoms with Gasteiger partial charge in [0.25, 0.3) is 5.56 Å². The molecule has 0 amide bonds. The SMILES string of the molecule is O=Cc1ccccc1-c1cccn(C(CN2CCC(O)C2)c2ccccc2)c1=O. The van der Waals surface area contributed by atoms with Crippen LogP contribution in [0.4, 0.5) is 0 Å². The van der Waals surface area contributed by atoms with Crippen LogP contribution in [0.15, 0.2) is 77.7 Å². The van der Waals surface area contributed by atoms with Gasteiger partial charge < -0.3 is 9.67 Å². The van der Waals surface area contributed by atoms with Crippen molar-refractivity contribution >= 4 is 6.29 Å². The van der Waals surface area contributed by atoms with E-state index in [1.54, 1.807) is 35.0 Å². The zero-order chi connectivity index (χ0) is 20.2. The third-order valence-electron chi connectivity index (χ3n) is 5.55. The molecule has 29 heavy (non-hydrogen) atoms. The maximum atomic E-state index is 13.5. The Kier molecular flexibility index (Phi) is 5.69. The Bertz CT molecular complexity index is 1050. The van der Waals surface area contributed by atoms with Crippen LogP contribution in [-0.4, -0.2) is 46.6 Å². The van der Waals surface area contributed by atoms with Gasteiger partial charge in [0.15, 0.2) is 6.29 Å². The number of aldehydes is 1. The highest BCUT2D eigenvalue weighted by Gasteiger charge is 2.25. The van der Waals surface area contributed by atoms with Crippen molar-refractivity contribution < 1.29 is 9.90 Å². The molecule has 0 aliphatic carbocycles. The molecule has 2 heterocycles. The molecule has 3 aromatic rings. The smallest absolute Gasteiger partial charge is 0.259 e. The second-order valence-electron chi connectivity index (χ2n) is 7.47. The Labute approximate surface area is 169 Å². The highest BCUT2D eigenvalue weighted by Crippen LogP contribution is 2.24. The lowest BCUT2D eigenvalue weighted by Crippen LogP contribution is -2.35. The van der Waals surface area contributed by atoms with Crippen molar-refractivity contribution in [3.05, 3.63) is 94.4 Å². The Morgan fingerprint density at radius 1 is 1.00 bits per heavy atom. The molecule has 1 saturated heterocycles. The minimum Gasteiger partial charge on any atom is -0.392 e. The van der Waals surface area contributed by atoms with E-state index in [2.05, 4.69) is 4.90 Å². The number of benzene rings is 2. The molecule has 2 unspecified atom stereocenters. The van der Waals surface area contributed by atoms with E-state index in [1.165, 1.54) is 0 Å². The summed E-state index contributed by atoms with van der Waals surface area (Å²) in [6.07, 6.45) is 3.03. The number of hydrogen-bond donors (Lipinski definition) is 1. The highest BCUT2D eigenvalue weighted by molar-refractivity contribution is 5.87. The predicted molar refractivity (Wildman–Crippen MR) is 113 cm³/mol. The predicted octanol–water partition coefficient (Wildman–Crippen LogP) is 2.98. The van der Waals surface area contributed by atoms with Gasteiger partial charge in [0.2, 0.25) is 0 Å². The molecule has 0 saturated carbocycles. The molecule has 0 spiro atoms. The first-order valence-corrected chi connectivity index (χ1v) is 9.88. The van der Waals surface area contributed by atoms with E-state index < -0.39 is 0 Å². The third kappa shape index (κ3) is 4.06. The molecule has 1 aliphatic heterocycles. The molecule has 5 nitrogen and oxygen atoms in total. The average molecular weight is 388 g/mol. The van der Waals surface area contributed by atoms with Gasteiger partial charge >= 0.3 is 0 Å². The maximum absolute atomic E-state index is 13.5. The van der Waals surface area contributed by atoms with Gasteiger partial charge in [-0.1, -0.05) is 54.6 Å². The summed E-state index contributed by atoms with van der Waals surface area (Å²) in [4.78, 5) is 27.1. The van der Waals surface area contributed by atoms with Crippen LogP contribution in [-0.2, 0) is 0 Å². The standard InChI is InChI=1S/C24H24N2O3/c27-17-19-9-4-5-10-21(19)22-11-6-13-26(24(22)29)23(18-7-2-1-3-8-18)16-25-14-12-20(28)15-25/h1-11,13,17,20,23,28H,12,14-16H2. The summed E-state index contributed by atoms with van der Waals surface area (Å²) in [6, 6.07) is 20.5. The van der Waals surface area contributed by atoms with Gasteiger partial charge in [-0.15, -0.1) is 0 Å². The summed E-state index contributed by atoms with van der Waals surface area (Å²) in [6.45, 7) is 2.07. The van der Waals surface area contributed by atoms with Gasteiger partial charge in [0.1, 0.15) is 0 Å². The van der Waals surface area contributed by atoms with Crippen molar-refractivity contribution in [2.75, 3.05) is 19.6 Å². The fourth-order valence-electron chi connectivity index (χ4n) is 4.06. The third-order valence-corrected chi connectivity index (χ3v) is 5.55. The summed E-state index contributed by atoms with van der Waals surface area (Å²) in [5.41, 5.74) is 2.57. The van der Waals surface area contributed by atoms with Gasteiger partial charge in [-0.2, -0.15) is 0 Å². The van der Waals surface area contributed by atoms with Crippen LogP contribution in [0.2, 0.25) is 0 Å². The number of aliphatic hydroxyl groups is 1. The van der Waals surface area contributed by atoms with E-state index in [1.807, 2.05) is 42.5 Å². The fourth-order valence-corrected chi connectivity index (χ4v) is 4.06. The van der Waals surface area contributed by atoms with Crippen molar-refractivity contribution in [1.29, 1.82) is 0 Å². The number of aromatic nitrogens is 1. The lowest BCUT2D eigenvalue weighted by atomic mass is 10.0. The number of carbonyl (C=O) groups excluding carboxylic acids is 1. The van der Waals surface area contributed by atoms with E-state index in [-0.39, 0.29) is 17.7 Å². The van der Waals surface area contributed by atoms with Crippen molar-refractivity contribution in [2.45, 2.75) is 18.6 Å². The van der Waals surface area contributed by atoms with Gasteiger partial charge in [-0.3, -0.25) is 14.5 Å². The quantitative estimate of drug-likeness (QED) is 0.660. The first-order chi connectivity index (χ1) is 14.2. The molecule has 0 radical (unpaired) electrons. The van der Waals surface area contributed by atoms with E-state index in [4.69, 9.17) is 0 Å². The number of aliphatic hydroxyl groups excluding tert-OH is 1. The highest BCUT2D eigenvalue weighted by atomic mass is 16.3. The fraction of sp³-hybridized carbons (Fsp3) is 0.250. The topological polar surface area (TPSA) is 62.5 Å². The van der Waals surface area contributed by atoms with E-state index in [9.17, 15) is 14.7 Å². The number of rotatable bonds is 6. The lowest BCUT2D eigenvalue weighted by molar-refractivity contribution is 0.112. The minimum absolute atomic E-state index is 0.129. The molecular weight excluding hydrogens is 364 g/mol.